The quantitative estimate of drug-likeness (QED) is 0.594. The predicted octanol–water partition coefficient (Wildman–Crippen LogP) is 4.17. The van der Waals surface area contributed by atoms with Gasteiger partial charge in [0.2, 0.25) is 5.91 Å². The molecule has 1 saturated heterocycles. The highest BCUT2D eigenvalue weighted by Crippen LogP contribution is 2.30. The van der Waals surface area contributed by atoms with Crippen LogP contribution < -0.4 is 20.3 Å². The van der Waals surface area contributed by atoms with Gasteiger partial charge in [0.05, 0.1) is 17.3 Å². The normalized spacial score (nSPS) is 13.6. The van der Waals surface area contributed by atoms with Gasteiger partial charge in [-0.3, -0.25) is 14.9 Å². The van der Waals surface area contributed by atoms with E-state index in [0.717, 1.165) is 18.8 Å². The van der Waals surface area contributed by atoms with Crippen molar-refractivity contribution >= 4 is 52.1 Å². The van der Waals surface area contributed by atoms with E-state index in [2.05, 4.69) is 15.5 Å². The van der Waals surface area contributed by atoms with Gasteiger partial charge in [-0.1, -0.05) is 25.4 Å². The van der Waals surface area contributed by atoms with Crippen LogP contribution in [0.3, 0.4) is 0 Å². The first-order valence-corrected chi connectivity index (χ1v) is 11.8. The summed E-state index contributed by atoms with van der Waals surface area (Å²) >= 11 is 11.8. The van der Waals surface area contributed by atoms with E-state index in [4.69, 9.17) is 28.6 Å². The van der Waals surface area contributed by atoms with E-state index in [0.29, 0.717) is 41.7 Å². The topological polar surface area (TPSA) is 73.9 Å². The van der Waals surface area contributed by atoms with Gasteiger partial charge >= 0.3 is 0 Å². The third-order valence-electron chi connectivity index (χ3n) is 5.29. The first kappa shape index (κ1) is 24.8. The van der Waals surface area contributed by atoms with Crippen LogP contribution in [-0.4, -0.2) is 54.6 Å². The van der Waals surface area contributed by atoms with E-state index in [1.807, 2.05) is 37.8 Å². The molecule has 0 saturated carbocycles. The lowest BCUT2D eigenvalue weighted by molar-refractivity contribution is -0.134. The van der Waals surface area contributed by atoms with Crippen molar-refractivity contribution in [3.63, 3.8) is 0 Å². The number of thiocarbonyl (C=S) groups is 1. The molecule has 1 aliphatic heterocycles. The summed E-state index contributed by atoms with van der Waals surface area (Å²) in [5.74, 6) is 0.579. The third-order valence-corrected chi connectivity index (χ3v) is 5.79. The highest BCUT2D eigenvalue weighted by atomic mass is 35.5. The summed E-state index contributed by atoms with van der Waals surface area (Å²) in [5, 5.41) is 6.42. The minimum atomic E-state index is -0.313. The van der Waals surface area contributed by atoms with Gasteiger partial charge < -0.3 is 19.9 Å². The van der Waals surface area contributed by atoms with E-state index in [-0.39, 0.29) is 22.8 Å². The summed E-state index contributed by atoms with van der Waals surface area (Å²) < 4.78 is 5.39. The molecule has 0 aliphatic carbocycles. The van der Waals surface area contributed by atoms with Gasteiger partial charge in [-0.25, -0.2) is 0 Å². The third kappa shape index (κ3) is 6.58. The highest BCUT2D eigenvalue weighted by molar-refractivity contribution is 7.80. The van der Waals surface area contributed by atoms with Crippen molar-refractivity contribution in [3.05, 3.63) is 53.1 Å². The summed E-state index contributed by atoms with van der Waals surface area (Å²) in [7, 11) is 0. The number of rotatable bonds is 6. The van der Waals surface area contributed by atoms with Crippen LogP contribution in [0.1, 0.15) is 31.1 Å². The van der Waals surface area contributed by atoms with Gasteiger partial charge in [-0.2, -0.15) is 0 Å². The molecule has 1 aliphatic rings. The second kappa shape index (κ2) is 11.3. The molecule has 0 unspecified atom stereocenters. The van der Waals surface area contributed by atoms with E-state index >= 15 is 0 Å². The van der Waals surface area contributed by atoms with Crippen molar-refractivity contribution in [1.82, 2.24) is 10.2 Å². The van der Waals surface area contributed by atoms with Gasteiger partial charge in [0.15, 0.2) is 5.11 Å². The second-order valence-corrected chi connectivity index (χ2v) is 8.81. The van der Waals surface area contributed by atoms with Crippen LogP contribution in [-0.2, 0) is 4.79 Å². The van der Waals surface area contributed by atoms with Crippen molar-refractivity contribution in [3.8, 4) is 5.75 Å². The number of hydrogen-bond acceptors (Lipinski definition) is 5. The number of amides is 2. The molecule has 176 valence electrons. The second-order valence-electron chi connectivity index (χ2n) is 8.00. The number of nitrogens with one attached hydrogen (secondary N) is 2. The smallest absolute Gasteiger partial charge is 0.257 e. The Morgan fingerprint density at radius 3 is 2.33 bits per heavy atom. The first-order valence-electron chi connectivity index (χ1n) is 11.0. The molecule has 2 amide bonds. The molecule has 1 heterocycles. The Hall–Kier alpha value is -2.84. The molecule has 33 heavy (non-hydrogen) atoms. The Labute approximate surface area is 205 Å². The van der Waals surface area contributed by atoms with Crippen LogP contribution >= 0.6 is 23.8 Å². The fourth-order valence-corrected chi connectivity index (χ4v) is 4.09. The van der Waals surface area contributed by atoms with Gasteiger partial charge in [0.25, 0.3) is 5.91 Å². The lowest BCUT2D eigenvalue weighted by atomic mass is 10.1. The zero-order valence-electron chi connectivity index (χ0n) is 19.1. The summed E-state index contributed by atoms with van der Waals surface area (Å²) in [5.41, 5.74) is 2.06. The number of piperazine rings is 1. The number of anilines is 2. The monoisotopic (exact) mass is 488 g/mol. The van der Waals surface area contributed by atoms with Gasteiger partial charge in [0.1, 0.15) is 5.75 Å². The number of halogens is 1. The molecule has 0 spiro atoms. The predicted molar refractivity (Wildman–Crippen MR) is 136 cm³/mol. The fraction of sp³-hybridized carbons (Fsp3) is 0.375. The molecule has 0 radical (unpaired) electrons. The van der Waals surface area contributed by atoms with Crippen LogP contribution in [0.15, 0.2) is 42.5 Å². The average molecular weight is 489 g/mol. The summed E-state index contributed by atoms with van der Waals surface area (Å²) in [6.45, 7) is 9.10. The summed E-state index contributed by atoms with van der Waals surface area (Å²) in [6.07, 6.45) is 0. The standard InChI is InChI=1S/C24H29ClN4O3S/c1-4-32-19-8-5-17(6-9-19)22(30)27-24(33)26-18-7-10-21(20(25)15-18)28-11-13-29(14-12-28)23(31)16(2)3/h5-10,15-16H,4,11-14H2,1-3H3,(H2,26,27,30,33). The van der Waals surface area contributed by atoms with Gasteiger partial charge in [0, 0.05) is 43.3 Å². The lowest BCUT2D eigenvalue weighted by Crippen LogP contribution is -2.50. The number of carbonyl (C=O) groups is 2. The van der Waals surface area contributed by atoms with Gasteiger partial charge in [-0.15, -0.1) is 0 Å². The van der Waals surface area contributed by atoms with Crippen LogP contribution in [0.2, 0.25) is 5.02 Å². The minimum absolute atomic E-state index is 0.00395. The van der Waals surface area contributed by atoms with E-state index < -0.39 is 0 Å². The molecule has 7 nitrogen and oxygen atoms in total. The number of hydrogen-bond donors (Lipinski definition) is 2. The molecule has 0 aromatic heterocycles. The van der Waals surface area contributed by atoms with Crippen molar-refractivity contribution in [2.45, 2.75) is 20.8 Å². The maximum atomic E-state index is 12.4. The van der Waals surface area contributed by atoms with E-state index in [9.17, 15) is 9.59 Å². The highest BCUT2D eigenvalue weighted by Gasteiger charge is 2.24. The summed E-state index contributed by atoms with van der Waals surface area (Å²) in [6, 6.07) is 12.4. The molecule has 0 bridgehead atoms. The molecule has 1 fully saturated rings. The zero-order valence-corrected chi connectivity index (χ0v) is 20.6. The molecule has 3 rings (SSSR count). The van der Waals surface area contributed by atoms with Crippen molar-refractivity contribution < 1.29 is 14.3 Å². The molecule has 2 aromatic rings. The number of nitrogens with zero attached hydrogens (tertiary/aromatic N) is 2. The molecule has 2 N–H and O–H groups in total. The van der Waals surface area contributed by atoms with Crippen LogP contribution in [0.5, 0.6) is 5.75 Å². The number of benzene rings is 2. The minimum Gasteiger partial charge on any atom is -0.494 e. The van der Waals surface area contributed by atoms with Gasteiger partial charge in [-0.05, 0) is 61.6 Å². The molecular formula is C24H29ClN4O3S. The maximum Gasteiger partial charge on any atom is 0.257 e. The van der Waals surface area contributed by atoms with Crippen molar-refractivity contribution in [2.24, 2.45) is 5.92 Å². The molecular weight excluding hydrogens is 460 g/mol. The van der Waals surface area contributed by atoms with E-state index in [1.54, 1.807) is 30.3 Å². The SMILES string of the molecule is CCOc1ccc(C(=O)NC(=S)Nc2ccc(N3CCN(C(=O)C(C)C)CC3)c(Cl)c2)cc1. The summed E-state index contributed by atoms with van der Waals surface area (Å²) in [4.78, 5) is 28.7. The molecule has 2 aromatic carbocycles. The fourth-order valence-electron chi connectivity index (χ4n) is 3.58. The Bertz CT molecular complexity index is 1010. The van der Waals surface area contributed by atoms with Crippen LogP contribution in [0.25, 0.3) is 0 Å². The van der Waals surface area contributed by atoms with Crippen LogP contribution in [0.4, 0.5) is 11.4 Å². The molecule has 0 atom stereocenters. The lowest BCUT2D eigenvalue weighted by Gasteiger charge is -2.37. The Morgan fingerprint density at radius 1 is 1.09 bits per heavy atom. The number of ether oxygens (including phenoxy) is 1. The molecule has 9 heteroatoms. The van der Waals surface area contributed by atoms with Crippen molar-refractivity contribution in [2.75, 3.05) is 43.0 Å². The Kier molecular flexibility index (Phi) is 8.52. The Morgan fingerprint density at radius 2 is 1.76 bits per heavy atom. The maximum absolute atomic E-state index is 12.4. The largest absolute Gasteiger partial charge is 0.494 e. The number of carbonyl (C=O) groups excluding carboxylic acids is 2. The Balaban J connectivity index is 1.55. The van der Waals surface area contributed by atoms with Crippen molar-refractivity contribution in [1.29, 1.82) is 0 Å². The first-order chi connectivity index (χ1) is 15.8. The average Bonchev–Trinajstić information content (AvgIpc) is 2.79. The van der Waals surface area contributed by atoms with E-state index in [1.165, 1.54) is 0 Å². The zero-order chi connectivity index (χ0) is 24.0. The van der Waals surface area contributed by atoms with Crippen LogP contribution in [0, 0.1) is 5.92 Å².